The first-order chi connectivity index (χ1) is 11.6. The van der Waals surface area contributed by atoms with Crippen molar-refractivity contribution in [3.05, 3.63) is 35.9 Å². The van der Waals surface area contributed by atoms with Crippen LogP contribution in [0.3, 0.4) is 0 Å². The van der Waals surface area contributed by atoms with Crippen molar-refractivity contribution in [1.82, 2.24) is 15.1 Å². The molecule has 0 aliphatic carbocycles. The zero-order valence-electron chi connectivity index (χ0n) is 14.2. The van der Waals surface area contributed by atoms with E-state index in [1.807, 2.05) is 25.1 Å². The summed E-state index contributed by atoms with van der Waals surface area (Å²) in [5.74, 6) is 0. The van der Waals surface area contributed by atoms with E-state index in [1.54, 1.807) is 4.90 Å². The molecule has 0 saturated carbocycles. The number of aliphatic hydroxyl groups is 1. The zero-order valence-corrected chi connectivity index (χ0v) is 14.2. The molecule has 0 spiro atoms. The predicted molar refractivity (Wildman–Crippen MR) is 92.1 cm³/mol. The van der Waals surface area contributed by atoms with Crippen LogP contribution in [-0.4, -0.2) is 59.3 Å². The van der Waals surface area contributed by atoms with Gasteiger partial charge in [0, 0.05) is 32.3 Å². The van der Waals surface area contributed by atoms with Gasteiger partial charge in [0.2, 0.25) is 0 Å². The fourth-order valence-electron chi connectivity index (χ4n) is 2.91. The monoisotopic (exact) mass is 330 g/mol. The highest BCUT2D eigenvalue weighted by Gasteiger charge is 2.29. The van der Waals surface area contributed by atoms with Crippen molar-refractivity contribution in [2.24, 2.45) is 0 Å². The molecule has 0 aromatic heterocycles. The van der Waals surface area contributed by atoms with Crippen LogP contribution < -0.4 is 5.32 Å². The van der Waals surface area contributed by atoms with Crippen LogP contribution in [0.5, 0.6) is 0 Å². The summed E-state index contributed by atoms with van der Waals surface area (Å²) in [6, 6.07) is 12.0. The molecule has 6 nitrogen and oxygen atoms in total. The van der Waals surface area contributed by atoms with Gasteiger partial charge in [0.25, 0.3) is 0 Å². The van der Waals surface area contributed by atoms with Crippen molar-refractivity contribution in [2.75, 3.05) is 26.2 Å². The van der Waals surface area contributed by atoms with Crippen LogP contribution in [0.1, 0.15) is 25.3 Å². The number of hydrogen-bond acceptors (Lipinski definition) is 4. The number of aliphatic hydroxyl groups excluding tert-OH is 1. The molecule has 2 rings (SSSR count). The van der Waals surface area contributed by atoms with Crippen LogP contribution in [0, 0.1) is 11.3 Å². The number of benzene rings is 1. The summed E-state index contributed by atoms with van der Waals surface area (Å²) in [6.45, 7) is 4.51. The zero-order chi connectivity index (χ0) is 17.4. The van der Waals surface area contributed by atoms with E-state index in [4.69, 9.17) is 5.11 Å². The van der Waals surface area contributed by atoms with Gasteiger partial charge in [-0.05, 0) is 25.3 Å². The lowest BCUT2D eigenvalue weighted by molar-refractivity contribution is 0.107. The van der Waals surface area contributed by atoms with Gasteiger partial charge in [-0.25, -0.2) is 4.79 Å². The first-order valence-electron chi connectivity index (χ1n) is 8.48. The average Bonchev–Trinajstić information content (AvgIpc) is 2.61. The van der Waals surface area contributed by atoms with Crippen LogP contribution in [0.4, 0.5) is 4.79 Å². The SMILES string of the molecule is CC(CCCO)NC(=O)N1CCN(Cc2ccccc2)C(C#N)C1. The molecule has 1 aliphatic rings. The molecular weight excluding hydrogens is 304 g/mol. The van der Waals surface area contributed by atoms with E-state index >= 15 is 0 Å². The lowest BCUT2D eigenvalue weighted by atomic mass is 10.1. The molecule has 1 aromatic rings. The lowest BCUT2D eigenvalue weighted by Gasteiger charge is -2.38. The molecule has 2 amide bonds. The van der Waals surface area contributed by atoms with Crippen LogP contribution >= 0.6 is 0 Å². The second-order valence-corrected chi connectivity index (χ2v) is 6.26. The number of nitrogens with one attached hydrogen (secondary N) is 1. The van der Waals surface area contributed by atoms with Crippen LogP contribution in [0.15, 0.2) is 30.3 Å². The van der Waals surface area contributed by atoms with Crippen molar-refractivity contribution in [2.45, 2.75) is 38.4 Å². The molecule has 1 saturated heterocycles. The van der Waals surface area contributed by atoms with Crippen molar-refractivity contribution in [3.63, 3.8) is 0 Å². The van der Waals surface area contributed by atoms with E-state index in [9.17, 15) is 10.1 Å². The largest absolute Gasteiger partial charge is 0.396 e. The molecule has 1 heterocycles. The molecule has 1 fully saturated rings. The molecule has 130 valence electrons. The highest BCUT2D eigenvalue weighted by Crippen LogP contribution is 2.14. The minimum atomic E-state index is -0.294. The molecule has 2 unspecified atom stereocenters. The quantitative estimate of drug-likeness (QED) is 0.830. The van der Waals surface area contributed by atoms with Gasteiger partial charge in [0.1, 0.15) is 6.04 Å². The number of carbonyl (C=O) groups is 1. The molecule has 0 bridgehead atoms. The Morgan fingerprint density at radius 2 is 2.17 bits per heavy atom. The first-order valence-corrected chi connectivity index (χ1v) is 8.48. The van der Waals surface area contributed by atoms with Gasteiger partial charge >= 0.3 is 6.03 Å². The van der Waals surface area contributed by atoms with Gasteiger partial charge in [-0.3, -0.25) is 4.90 Å². The van der Waals surface area contributed by atoms with E-state index < -0.39 is 0 Å². The lowest BCUT2D eigenvalue weighted by Crippen LogP contribution is -2.56. The number of rotatable bonds is 6. The Labute approximate surface area is 143 Å². The number of urea groups is 1. The second-order valence-electron chi connectivity index (χ2n) is 6.26. The Morgan fingerprint density at radius 1 is 1.42 bits per heavy atom. The molecule has 6 heteroatoms. The third-order valence-electron chi connectivity index (χ3n) is 4.32. The van der Waals surface area contributed by atoms with Gasteiger partial charge in [0.15, 0.2) is 0 Å². The Hall–Kier alpha value is -2.10. The van der Waals surface area contributed by atoms with E-state index in [2.05, 4.69) is 28.4 Å². The Bertz CT molecular complexity index is 558. The van der Waals surface area contributed by atoms with Crippen LogP contribution in [-0.2, 0) is 6.54 Å². The van der Waals surface area contributed by atoms with E-state index in [0.29, 0.717) is 26.1 Å². The van der Waals surface area contributed by atoms with E-state index in [1.165, 1.54) is 5.56 Å². The van der Waals surface area contributed by atoms with E-state index in [-0.39, 0.29) is 24.7 Å². The predicted octanol–water partition coefficient (Wildman–Crippen LogP) is 1.57. The number of nitriles is 1. The fourth-order valence-corrected chi connectivity index (χ4v) is 2.91. The fraction of sp³-hybridized carbons (Fsp3) is 0.556. The standard InChI is InChI=1S/C18H26N4O2/c1-15(6-5-11-23)20-18(24)22-10-9-21(17(12-19)14-22)13-16-7-3-2-4-8-16/h2-4,7-8,15,17,23H,5-6,9-11,13-14H2,1H3,(H,20,24). The van der Waals surface area contributed by atoms with Gasteiger partial charge < -0.3 is 15.3 Å². The molecular formula is C18H26N4O2. The normalized spacial score (nSPS) is 19.5. The maximum atomic E-state index is 12.3. The first kappa shape index (κ1) is 18.2. The number of hydrogen-bond donors (Lipinski definition) is 2. The molecule has 2 N–H and O–H groups in total. The Morgan fingerprint density at radius 3 is 2.83 bits per heavy atom. The van der Waals surface area contributed by atoms with Gasteiger partial charge in [-0.15, -0.1) is 0 Å². The third kappa shape index (κ3) is 5.22. The number of nitrogens with zero attached hydrogens (tertiary/aromatic N) is 3. The second kappa shape index (κ2) is 9.26. The van der Waals surface area contributed by atoms with Gasteiger partial charge in [-0.1, -0.05) is 30.3 Å². The van der Waals surface area contributed by atoms with Crippen molar-refractivity contribution in [3.8, 4) is 6.07 Å². The molecule has 1 aliphatic heterocycles. The molecule has 2 atom stereocenters. The maximum Gasteiger partial charge on any atom is 0.317 e. The van der Waals surface area contributed by atoms with Crippen LogP contribution in [0.25, 0.3) is 0 Å². The van der Waals surface area contributed by atoms with Crippen molar-refractivity contribution in [1.29, 1.82) is 5.26 Å². The highest BCUT2D eigenvalue weighted by atomic mass is 16.3. The maximum absolute atomic E-state index is 12.3. The minimum absolute atomic E-state index is 0.0209. The summed E-state index contributed by atoms with van der Waals surface area (Å²) in [5, 5.41) is 21.3. The minimum Gasteiger partial charge on any atom is -0.396 e. The summed E-state index contributed by atoms with van der Waals surface area (Å²) < 4.78 is 0. The number of piperazine rings is 1. The van der Waals surface area contributed by atoms with Gasteiger partial charge in [0.05, 0.1) is 12.6 Å². The summed E-state index contributed by atoms with van der Waals surface area (Å²) in [6.07, 6.45) is 1.42. The number of amides is 2. The van der Waals surface area contributed by atoms with Gasteiger partial charge in [-0.2, -0.15) is 5.26 Å². The highest BCUT2D eigenvalue weighted by molar-refractivity contribution is 5.74. The summed E-state index contributed by atoms with van der Waals surface area (Å²) >= 11 is 0. The molecule has 0 radical (unpaired) electrons. The smallest absolute Gasteiger partial charge is 0.317 e. The van der Waals surface area contributed by atoms with E-state index in [0.717, 1.165) is 13.0 Å². The Balaban J connectivity index is 1.87. The summed E-state index contributed by atoms with van der Waals surface area (Å²) in [4.78, 5) is 16.2. The van der Waals surface area contributed by atoms with Crippen LogP contribution in [0.2, 0.25) is 0 Å². The molecule has 24 heavy (non-hydrogen) atoms. The molecule has 1 aromatic carbocycles. The third-order valence-corrected chi connectivity index (χ3v) is 4.32. The van der Waals surface area contributed by atoms with Crippen molar-refractivity contribution >= 4 is 6.03 Å². The van der Waals surface area contributed by atoms with Crippen molar-refractivity contribution < 1.29 is 9.90 Å². The topological polar surface area (TPSA) is 79.6 Å². The Kier molecular flexibility index (Phi) is 7.04. The number of carbonyl (C=O) groups excluding carboxylic acids is 1. The summed E-state index contributed by atoms with van der Waals surface area (Å²) in [5.41, 5.74) is 1.17. The average molecular weight is 330 g/mol. The summed E-state index contributed by atoms with van der Waals surface area (Å²) in [7, 11) is 0.